The van der Waals surface area contributed by atoms with Gasteiger partial charge in [-0.3, -0.25) is 9.59 Å². The molecule has 0 radical (unpaired) electrons. The molecule has 3 aromatic rings. The number of carbonyl (C=O) groups excluding carboxylic acids is 2. The fourth-order valence-electron chi connectivity index (χ4n) is 2.85. The van der Waals surface area contributed by atoms with E-state index >= 15 is 0 Å². The van der Waals surface area contributed by atoms with Crippen LogP contribution in [0.25, 0.3) is 10.2 Å². The molecule has 0 saturated carbocycles. The lowest BCUT2D eigenvalue weighted by Crippen LogP contribution is -2.31. The van der Waals surface area contributed by atoms with Gasteiger partial charge >= 0.3 is 5.97 Å². The Morgan fingerprint density at radius 2 is 1.93 bits per heavy atom. The zero-order chi connectivity index (χ0) is 20.1. The van der Waals surface area contributed by atoms with E-state index < -0.39 is 5.97 Å². The number of thiazole rings is 1. The molecule has 0 aliphatic heterocycles. The Morgan fingerprint density at radius 1 is 1.14 bits per heavy atom. The van der Waals surface area contributed by atoms with Crippen LogP contribution < -0.4 is 5.32 Å². The summed E-state index contributed by atoms with van der Waals surface area (Å²) in [6.07, 6.45) is 0.721. The number of esters is 1. The second-order valence-electron chi connectivity index (χ2n) is 6.87. The molecule has 1 heterocycles. The average molecular weight is 397 g/mol. The highest BCUT2D eigenvalue weighted by atomic mass is 32.1. The smallest absolute Gasteiger partial charge is 0.306 e. The normalized spacial score (nSPS) is 12.0. The van der Waals surface area contributed by atoms with Crippen LogP contribution in [-0.2, 0) is 20.7 Å². The number of benzene rings is 2. The average Bonchev–Trinajstić information content (AvgIpc) is 3.09. The van der Waals surface area contributed by atoms with Crippen molar-refractivity contribution in [2.75, 3.05) is 6.61 Å². The molecular formula is C22H24N2O3S. The van der Waals surface area contributed by atoms with Crippen LogP contribution in [0.3, 0.4) is 0 Å². The number of para-hydroxylation sites is 1. The van der Waals surface area contributed by atoms with E-state index in [1.807, 2.05) is 50.2 Å². The van der Waals surface area contributed by atoms with Gasteiger partial charge in [0.25, 0.3) is 5.91 Å². The van der Waals surface area contributed by atoms with Crippen LogP contribution >= 0.6 is 11.3 Å². The molecule has 28 heavy (non-hydrogen) atoms. The SMILES string of the molecule is Cc1ccc([C@@H](C)NC(=O)COC(=O)CCc2nc3ccccc3s2)cc1C. The number of nitrogens with one attached hydrogen (secondary N) is 1. The second kappa shape index (κ2) is 8.97. The molecule has 0 aliphatic carbocycles. The third-order valence-electron chi connectivity index (χ3n) is 4.65. The molecule has 5 nitrogen and oxygen atoms in total. The number of carbonyl (C=O) groups is 2. The Labute approximate surface area is 168 Å². The van der Waals surface area contributed by atoms with E-state index in [0.717, 1.165) is 20.8 Å². The maximum Gasteiger partial charge on any atom is 0.306 e. The van der Waals surface area contributed by atoms with E-state index in [1.54, 1.807) is 11.3 Å². The van der Waals surface area contributed by atoms with Gasteiger partial charge in [0.05, 0.1) is 27.7 Å². The Balaban J connectivity index is 1.43. The predicted molar refractivity (Wildman–Crippen MR) is 111 cm³/mol. The molecule has 0 unspecified atom stereocenters. The molecule has 0 fully saturated rings. The number of ether oxygens (including phenoxy) is 1. The Kier molecular flexibility index (Phi) is 6.41. The minimum absolute atomic E-state index is 0.145. The zero-order valence-corrected chi connectivity index (χ0v) is 17.1. The van der Waals surface area contributed by atoms with Crippen molar-refractivity contribution in [3.63, 3.8) is 0 Å². The van der Waals surface area contributed by atoms with Crippen LogP contribution in [0, 0.1) is 13.8 Å². The number of aryl methyl sites for hydroxylation is 3. The number of fused-ring (bicyclic) bond motifs is 1. The van der Waals surface area contributed by atoms with Crippen molar-refractivity contribution in [3.05, 3.63) is 64.2 Å². The highest BCUT2D eigenvalue weighted by Crippen LogP contribution is 2.22. The van der Waals surface area contributed by atoms with Crippen LogP contribution in [0.1, 0.15) is 41.1 Å². The van der Waals surface area contributed by atoms with Crippen molar-refractivity contribution in [1.29, 1.82) is 0 Å². The topological polar surface area (TPSA) is 68.3 Å². The summed E-state index contributed by atoms with van der Waals surface area (Å²) in [5.74, 6) is -0.702. The number of amides is 1. The van der Waals surface area contributed by atoms with Gasteiger partial charge in [0, 0.05) is 6.42 Å². The first-order chi connectivity index (χ1) is 13.4. The van der Waals surface area contributed by atoms with Gasteiger partial charge < -0.3 is 10.1 Å². The van der Waals surface area contributed by atoms with Gasteiger partial charge in [-0.1, -0.05) is 30.3 Å². The van der Waals surface area contributed by atoms with Gasteiger partial charge in [-0.2, -0.15) is 0 Å². The number of nitrogens with zero attached hydrogens (tertiary/aromatic N) is 1. The molecular weight excluding hydrogens is 372 g/mol. The Morgan fingerprint density at radius 3 is 2.68 bits per heavy atom. The van der Waals surface area contributed by atoms with Crippen LogP contribution in [0.2, 0.25) is 0 Å². The lowest BCUT2D eigenvalue weighted by atomic mass is 10.0. The van der Waals surface area contributed by atoms with Crippen LogP contribution in [0.4, 0.5) is 0 Å². The second-order valence-corrected chi connectivity index (χ2v) is 7.98. The van der Waals surface area contributed by atoms with Gasteiger partial charge in [-0.05, 0) is 49.6 Å². The maximum absolute atomic E-state index is 12.1. The molecule has 3 rings (SSSR count). The molecule has 1 N–H and O–H groups in total. The molecule has 6 heteroatoms. The molecule has 0 spiro atoms. The molecule has 2 aromatic carbocycles. The van der Waals surface area contributed by atoms with Crippen molar-refractivity contribution < 1.29 is 14.3 Å². The summed E-state index contributed by atoms with van der Waals surface area (Å²) in [6.45, 7) is 5.74. The van der Waals surface area contributed by atoms with Crippen molar-refractivity contribution in [3.8, 4) is 0 Å². The molecule has 0 aliphatic rings. The van der Waals surface area contributed by atoms with Crippen LogP contribution in [0.15, 0.2) is 42.5 Å². The predicted octanol–water partition coefficient (Wildman–Crippen LogP) is 4.27. The third kappa shape index (κ3) is 5.16. The van der Waals surface area contributed by atoms with Gasteiger partial charge in [0.1, 0.15) is 0 Å². The first kappa shape index (κ1) is 20.0. The lowest BCUT2D eigenvalue weighted by molar-refractivity contribution is -0.148. The lowest BCUT2D eigenvalue weighted by Gasteiger charge is -2.15. The molecule has 1 atom stereocenters. The minimum Gasteiger partial charge on any atom is -0.456 e. The first-order valence-corrected chi connectivity index (χ1v) is 10.1. The Hall–Kier alpha value is -2.73. The van der Waals surface area contributed by atoms with Gasteiger partial charge in [0.2, 0.25) is 0 Å². The largest absolute Gasteiger partial charge is 0.456 e. The minimum atomic E-state index is -0.395. The van der Waals surface area contributed by atoms with Crippen molar-refractivity contribution >= 4 is 33.4 Å². The van der Waals surface area contributed by atoms with Crippen LogP contribution in [0.5, 0.6) is 0 Å². The fourth-order valence-corrected chi connectivity index (χ4v) is 3.82. The van der Waals surface area contributed by atoms with Crippen molar-refractivity contribution in [2.24, 2.45) is 0 Å². The van der Waals surface area contributed by atoms with E-state index in [-0.39, 0.29) is 25.0 Å². The Bertz CT molecular complexity index is 963. The van der Waals surface area contributed by atoms with E-state index in [9.17, 15) is 9.59 Å². The van der Waals surface area contributed by atoms with Gasteiger partial charge in [-0.25, -0.2) is 4.98 Å². The number of hydrogen-bond donors (Lipinski definition) is 1. The molecule has 1 amide bonds. The van der Waals surface area contributed by atoms with E-state index in [2.05, 4.69) is 23.3 Å². The zero-order valence-electron chi connectivity index (χ0n) is 16.3. The van der Waals surface area contributed by atoms with Gasteiger partial charge in [0.15, 0.2) is 6.61 Å². The number of hydrogen-bond acceptors (Lipinski definition) is 5. The summed E-state index contributed by atoms with van der Waals surface area (Å²) in [7, 11) is 0. The van der Waals surface area contributed by atoms with E-state index in [4.69, 9.17) is 4.74 Å². The fraction of sp³-hybridized carbons (Fsp3) is 0.318. The molecule has 0 bridgehead atoms. The van der Waals surface area contributed by atoms with Crippen LogP contribution in [-0.4, -0.2) is 23.5 Å². The van der Waals surface area contributed by atoms with Crippen molar-refractivity contribution in [1.82, 2.24) is 10.3 Å². The van der Waals surface area contributed by atoms with E-state index in [0.29, 0.717) is 6.42 Å². The highest BCUT2D eigenvalue weighted by Gasteiger charge is 2.13. The summed E-state index contributed by atoms with van der Waals surface area (Å²) < 4.78 is 6.21. The monoisotopic (exact) mass is 396 g/mol. The summed E-state index contributed by atoms with van der Waals surface area (Å²) in [4.78, 5) is 28.5. The molecule has 0 saturated heterocycles. The summed E-state index contributed by atoms with van der Waals surface area (Å²) in [6, 6.07) is 13.8. The standard InChI is InChI=1S/C22H24N2O3S/c1-14-8-9-17(12-15(14)2)16(3)23-20(25)13-27-22(26)11-10-21-24-18-6-4-5-7-19(18)28-21/h4-9,12,16H,10-11,13H2,1-3H3,(H,23,25)/t16-/m1/s1. The highest BCUT2D eigenvalue weighted by molar-refractivity contribution is 7.18. The van der Waals surface area contributed by atoms with Gasteiger partial charge in [-0.15, -0.1) is 11.3 Å². The maximum atomic E-state index is 12.1. The quantitative estimate of drug-likeness (QED) is 0.606. The third-order valence-corrected chi connectivity index (χ3v) is 5.75. The van der Waals surface area contributed by atoms with E-state index in [1.165, 1.54) is 11.1 Å². The summed E-state index contributed by atoms with van der Waals surface area (Å²) in [5, 5.41) is 3.76. The molecule has 1 aromatic heterocycles. The first-order valence-electron chi connectivity index (χ1n) is 9.29. The summed E-state index contributed by atoms with van der Waals surface area (Å²) >= 11 is 1.57. The van der Waals surface area contributed by atoms with Crippen molar-refractivity contribution in [2.45, 2.75) is 39.7 Å². The number of aromatic nitrogens is 1. The summed E-state index contributed by atoms with van der Waals surface area (Å²) in [5.41, 5.74) is 4.36. The number of rotatable bonds is 7. The molecule has 146 valence electrons.